The average Bonchev–Trinajstić information content (AvgIpc) is 2.77. The predicted molar refractivity (Wildman–Crippen MR) is 85.4 cm³/mol. The molecule has 1 aliphatic carbocycles. The molecule has 1 aromatic carbocycles. The molecule has 0 amide bonds. The summed E-state index contributed by atoms with van der Waals surface area (Å²) in [4.78, 5) is 2.36. The van der Waals surface area contributed by atoms with Crippen LogP contribution in [-0.4, -0.2) is 26.7 Å². The lowest BCUT2D eigenvalue weighted by molar-refractivity contribution is 0.368. The summed E-state index contributed by atoms with van der Waals surface area (Å²) in [5, 5.41) is 0. The van der Waals surface area contributed by atoms with Gasteiger partial charge in [-0.1, -0.05) is 25.7 Å². The van der Waals surface area contributed by atoms with Crippen molar-refractivity contribution in [3.63, 3.8) is 0 Å². The molecule has 20 heavy (non-hydrogen) atoms. The van der Waals surface area contributed by atoms with Crippen LogP contribution in [0.5, 0.6) is 5.75 Å². The highest BCUT2D eigenvalue weighted by Crippen LogP contribution is 2.30. The Morgan fingerprint density at radius 3 is 2.25 bits per heavy atom. The van der Waals surface area contributed by atoms with E-state index < -0.39 is 0 Å². The summed E-state index contributed by atoms with van der Waals surface area (Å²) < 4.78 is 5.23. The number of hydrogen-bond acceptors (Lipinski definition) is 3. The molecular formula is C17H28N2O. The number of methoxy groups -OCH3 is 1. The summed E-state index contributed by atoms with van der Waals surface area (Å²) in [5.74, 6) is 1.63. The Balaban J connectivity index is 2.08. The highest BCUT2D eigenvalue weighted by molar-refractivity contribution is 5.49. The second kappa shape index (κ2) is 7.53. The fourth-order valence-corrected chi connectivity index (χ4v) is 3.37. The first-order valence-electron chi connectivity index (χ1n) is 7.83. The molecule has 0 aliphatic heterocycles. The molecule has 2 rings (SSSR count). The average molecular weight is 276 g/mol. The molecule has 1 atom stereocenters. The number of hydrogen-bond donors (Lipinski definition) is 1. The van der Waals surface area contributed by atoms with Crippen LogP contribution >= 0.6 is 0 Å². The molecule has 3 nitrogen and oxygen atoms in total. The molecule has 112 valence electrons. The number of nitrogens with zero attached hydrogens (tertiary/aromatic N) is 1. The molecule has 0 saturated heterocycles. The molecule has 0 radical (unpaired) electrons. The smallest absolute Gasteiger partial charge is 0.119 e. The van der Waals surface area contributed by atoms with Crippen LogP contribution in [0.4, 0.5) is 5.69 Å². The Bertz CT molecular complexity index is 382. The zero-order valence-corrected chi connectivity index (χ0v) is 12.8. The zero-order chi connectivity index (χ0) is 14.4. The highest BCUT2D eigenvalue weighted by Gasteiger charge is 2.25. The number of rotatable bonds is 5. The zero-order valence-electron chi connectivity index (χ0n) is 12.8. The molecule has 0 spiro atoms. The Morgan fingerprint density at radius 1 is 1.15 bits per heavy atom. The van der Waals surface area contributed by atoms with Crippen molar-refractivity contribution in [2.75, 3.05) is 25.6 Å². The number of likely N-dealkylation sites (N-methyl/N-ethyl adjacent to an activating group) is 1. The highest BCUT2D eigenvalue weighted by atomic mass is 16.5. The normalized spacial score (nSPS) is 18.4. The molecule has 3 heteroatoms. The van der Waals surface area contributed by atoms with Gasteiger partial charge in [0.25, 0.3) is 0 Å². The third-order valence-corrected chi connectivity index (χ3v) is 4.66. The monoisotopic (exact) mass is 276 g/mol. The van der Waals surface area contributed by atoms with Gasteiger partial charge in [0.05, 0.1) is 7.11 Å². The predicted octanol–water partition coefficient (Wildman–Crippen LogP) is 3.43. The molecule has 1 fully saturated rings. The van der Waals surface area contributed by atoms with Crippen LogP contribution in [0.2, 0.25) is 0 Å². The van der Waals surface area contributed by atoms with Gasteiger partial charge in [-0.05, 0) is 43.0 Å². The Kier molecular flexibility index (Phi) is 5.72. The van der Waals surface area contributed by atoms with Crippen LogP contribution in [0, 0.1) is 5.92 Å². The third-order valence-electron chi connectivity index (χ3n) is 4.66. The van der Waals surface area contributed by atoms with Crippen LogP contribution in [0.25, 0.3) is 0 Å². The summed E-state index contributed by atoms with van der Waals surface area (Å²) in [7, 11) is 3.87. The van der Waals surface area contributed by atoms with Crippen molar-refractivity contribution in [1.82, 2.24) is 0 Å². The van der Waals surface area contributed by atoms with Crippen LogP contribution < -0.4 is 15.4 Å². The van der Waals surface area contributed by atoms with Gasteiger partial charge >= 0.3 is 0 Å². The minimum Gasteiger partial charge on any atom is -0.497 e. The summed E-state index contributed by atoms with van der Waals surface area (Å²) >= 11 is 0. The molecule has 0 bridgehead atoms. The van der Waals surface area contributed by atoms with E-state index in [9.17, 15) is 0 Å². The fourth-order valence-electron chi connectivity index (χ4n) is 3.37. The second-order valence-electron chi connectivity index (χ2n) is 5.86. The first kappa shape index (κ1) is 15.2. The quantitative estimate of drug-likeness (QED) is 0.837. The molecule has 0 aromatic heterocycles. The van der Waals surface area contributed by atoms with E-state index in [1.807, 2.05) is 12.1 Å². The summed E-state index contributed by atoms with van der Waals surface area (Å²) in [5.41, 5.74) is 7.31. The van der Waals surface area contributed by atoms with Gasteiger partial charge in [0, 0.05) is 25.3 Å². The van der Waals surface area contributed by atoms with Crippen molar-refractivity contribution in [1.29, 1.82) is 0 Å². The Morgan fingerprint density at radius 2 is 1.75 bits per heavy atom. The molecule has 1 unspecified atom stereocenters. The molecular weight excluding hydrogens is 248 g/mol. The van der Waals surface area contributed by atoms with Gasteiger partial charge in [0.2, 0.25) is 0 Å². The summed E-state index contributed by atoms with van der Waals surface area (Å²) in [6, 6.07) is 8.73. The Labute approximate surface area is 123 Å². The lowest BCUT2D eigenvalue weighted by atomic mass is 9.90. The van der Waals surface area contributed by atoms with Crippen molar-refractivity contribution >= 4 is 5.69 Å². The van der Waals surface area contributed by atoms with E-state index in [0.29, 0.717) is 6.04 Å². The maximum atomic E-state index is 6.08. The van der Waals surface area contributed by atoms with E-state index >= 15 is 0 Å². The van der Waals surface area contributed by atoms with Gasteiger partial charge in [-0.15, -0.1) is 0 Å². The van der Waals surface area contributed by atoms with Gasteiger partial charge in [-0.2, -0.15) is 0 Å². The van der Waals surface area contributed by atoms with Crippen LogP contribution in [0.3, 0.4) is 0 Å². The number of anilines is 1. The topological polar surface area (TPSA) is 38.5 Å². The van der Waals surface area contributed by atoms with Gasteiger partial charge < -0.3 is 15.4 Å². The van der Waals surface area contributed by atoms with Gasteiger partial charge in [-0.3, -0.25) is 0 Å². The third kappa shape index (κ3) is 3.66. The van der Waals surface area contributed by atoms with E-state index in [2.05, 4.69) is 24.1 Å². The first-order chi connectivity index (χ1) is 9.76. The SMILES string of the molecule is COc1ccc(N(C)C(CN)C2CCCCCC2)cc1. The van der Waals surface area contributed by atoms with E-state index in [4.69, 9.17) is 10.5 Å². The van der Waals surface area contributed by atoms with Crippen LogP contribution in [0.1, 0.15) is 38.5 Å². The minimum atomic E-state index is 0.446. The first-order valence-corrected chi connectivity index (χ1v) is 7.83. The van der Waals surface area contributed by atoms with E-state index in [-0.39, 0.29) is 0 Å². The maximum absolute atomic E-state index is 6.08. The fraction of sp³-hybridized carbons (Fsp3) is 0.647. The summed E-state index contributed by atoms with van der Waals surface area (Å²) in [6.45, 7) is 0.729. The van der Waals surface area contributed by atoms with E-state index in [1.54, 1.807) is 7.11 Å². The number of benzene rings is 1. The van der Waals surface area contributed by atoms with Crippen molar-refractivity contribution in [2.45, 2.75) is 44.6 Å². The van der Waals surface area contributed by atoms with Crippen molar-refractivity contribution < 1.29 is 4.74 Å². The molecule has 0 heterocycles. The summed E-state index contributed by atoms with van der Waals surface area (Å²) in [6.07, 6.45) is 8.14. The molecule has 2 N–H and O–H groups in total. The van der Waals surface area contributed by atoms with Crippen LogP contribution in [-0.2, 0) is 0 Å². The molecule has 1 saturated carbocycles. The van der Waals surface area contributed by atoms with E-state index in [0.717, 1.165) is 18.2 Å². The lowest BCUT2D eigenvalue weighted by Gasteiger charge is -2.35. The molecule has 1 aliphatic rings. The lowest BCUT2D eigenvalue weighted by Crippen LogP contribution is -2.43. The van der Waals surface area contributed by atoms with Crippen molar-refractivity contribution in [3.05, 3.63) is 24.3 Å². The molecule has 1 aromatic rings. The van der Waals surface area contributed by atoms with Gasteiger partial charge in [0.1, 0.15) is 5.75 Å². The number of nitrogens with two attached hydrogens (primary N) is 1. The van der Waals surface area contributed by atoms with Crippen molar-refractivity contribution in [2.24, 2.45) is 11.7 Å². The standard InChI is InChI=1S/C17H28N2O/c1-19(15-9-11-16(20-2)12-10-15)17(13-18)14-7-5-3-4-6-8-14/h9-12,14,17H,3-8,13,18H2,1-2H3. The van der Waals surface area contributed by atoms with Crippen molar-refractivity contribution in [3.8, 4) is 5.75 Å². The van der Waals surface area contributed by atoms with Gasteiger partial charge in [0.15, 0.2) is 0 Å². The van der Waals surface area contributed by atoms with Gasteiger partial charge in [-0.25, -0.2) is 0 Å². The number of ether oxygens (including phenoxy) is 1. The van der Waals surface area contributed by atoms with Crippen LogP contribution in [0.15, 0.2) is 24.3 Å². The Hall–Kier alpha value is -1.22. The second-order valence-corrected chi connectivity index (χ2v) is 5.86. The minimum absolute atomic E-state index is 0.446. The largest absolute Gasteiger partial charge is 0.497 e. The van der Waals surface area contributed by atoms with E-state index in [1.165, 1.54) is 44.2 Å². The maximum Gasteiger partial charge on any atom is 0.119 e.